The highest BCUT2D eigenvalue weighted by atomic mass is 79.9. The number of methoxy groups -OCH3 is 2. The molecule has 82 valence electrons. The van der Waals surface area contributed by atoms with Gasteiger partial charge in [0.05, 0.1) is 24.3 Å². The van der Waals surface area contributed by atoms with Gasteiger partial charge < -0.3 is 14.6 Å². The molecule has 0 heterocycles. The van der Waals surface area contributed by atoms with Crippen molar-refractivity contribution < 1.29 is 14.6 Å². The van der Waals surface area contributed by atoms with Crippen molar-refractivity contribution in [2.75, 3.05) is 14.2 Å². The van der Waals surface area contributed by atoms with Gasteiger partial charge in [-0.2, -0.15) is 0 Å². The van der Waals surface area contributed by atoms with Crippen LogP contribution in [0.5, 0.6) is 11.5 Å². The van der Waals surface area contributed by atoms with Crippen LogP contribution in [-0.4, -0.2) is 19.3 Å². The van der Waals surface area contributed by atoms with Crippen LogP contribution in [-0.2, 0) is 5.60 Å². The van der Waals surface area contributed by atoms with Crippen molar-refractivity contribution >= 4 is 15.9 Å². The maximum absolute atomic E-state index is 9.99. The van der Waals surface area contributed by atoms with Crippen LogP contribution in [0.1, 0.15) is 18.4 Å². The Balaban J connectivity index is 2.48. The van der Waals surface area contributed by atoms with Crippen LogP contribution in [0.3, 0.4) is 0 Å². The predicted octanol–water partition coefficient (Wildman–Crippen LogP) is 2.45. The number of hydrogen-bond donors (Lipinski definition) is 1. The molecule has 2 rings (SSSR count). The maximum atomic E-state index is 9.99. The summed E-state index contributed by atoms with van der Waals surface area (Å²) >= 11 is 3.40. The molecular weight excluding hydrogens is 260 g/mol. The normalized spacial score (nSPS) is 17.3. The number of rotatable bonds is 3. The molecule has 1 saturated carbocycles. The van der Waals surface area contributed by atoms with Crippen LogP contribution >= 0.6 is 15.9 Å². The fourth-order valence-corrected chi connectivity index (χ4v) is 2.20. The molecule has 1 N–H and O–H groups in total. The second-order valence-electron chi connectivity index (χ2n) is 3.73. The predicted molar refractivity (Wildman–Crippen MR) is 60.4 cm³/mol. The van der Waals surface area contributed by atoms with Crippen molar-refractivity contribution in [3.05, 3.63) is 22.2 Å². The van der Waals surface area contributed by atoms with Crippen LogP contribution in [0.25, 0.3) is 0 Å². The van der Waals surface area contributed by atoms with Gasteiger partial charge in [-0.25, -0.2) is 0 Å². The molecule has 0 atom stereocenters. The summed E-state index contributed by atoms with van der Waals surface area (Å²) < 4.78 is 11.2. The Hall–Kier alpha value is -0.740. The highest BCUT2D eigenvalue weighted by Crippen LogP contribution is 2.49. The van der Waals surface area contributed by atoms with Crippen molar-refractivity contribution in [2.45, 2.75) is 18.4 Å². The first kappa shape index (κ1) is 10.8. The van der Waals surface area contributed by atoms with Gasteiger partial charge in [-0.3, -0.25) is 0 Å². The summed E-state index contributed by atoms with van der Waals surface area (Å²) in [6, 6.07) is 3.71. The van der Waals surface area contributed by atoms with Crippen molar-refractivity contribution in [3.8, 4) is 11.5 Å². The molecule has 4 heteroatoms. The Morgan fingerprint density at radius 3 is 2.40 bits per heavy atom. The quantitative estimate of drug-likeness (QED) is 0.919. The molecule has 1 aromatic carbocycles. The zero-order valence-corrected chi connectivity index (χ0v) is 10.3. The van der Waals surface area contributed by atoms with E-state index in [9.17, 15) is 5.11 Å². The summed E-state index contributed by atoms with van der Waals surface area (Å²) in [5.74, 6) is 1.30. The first-order chi connectivity index (χ1) is 7.10. The largest absolute Gasteiger partial charge is 0.493 e. The van der Waals surface area contributed by atoms with Gasteiger partial charge >= 0.3 is 0 Å². The Labute approximate surface area is 97.1 Å². The topological polar surface area (TPSA) is 38.7 Å². The number of aliphatic hydroxyl groups is 1. The SMILES string of the molecule is COc1cc(C2(O)CC2)cc(Br)c1OC. The minimum absolute atomic E-state index is 0.641. The molecule has 0 spiro atoms. The minimum atomic E-state index is -0.651. The van der Waals surface area contributed by atoms with Gasteiger partial charge in [-0.05, 0) is 46.5 Å². The van der Waals surface area contributed by atoms with Crippen LogP contribution in [0.15, 0.2) is 16.6 Å². The zero-order valence-electron chi connectivity index (χ0n) is 8.71. The van der Waals surface area contributed by atoms with Gasteiger partial charge in [-0.15, -0.1) is 0 Å². The van der Waals surface area contributed by atoms with E-state index in [0.29, 0.717) is 11.5 Å². The monoisotopic (exact) mass is 272 g/mol. The summed E-state index contributed by atoms with van der Waals surface area (Å²) in [6.07, 6.45) is 1.63. The smallest absolute Gasteiger partial charge is 0.174 e. The molecule has 0 aliphatic heterocycles. The molecule has 15 heavy (non-hydrogen) atoms. The molecule has 1 aliphatic rings. The Morgan fingerprint density at radius 2 is 1.93 bits per heavy atom. The lowest BCUT2D eigenvalue weighted by molar-refractivity contribution is 0.151. The molecular formula is C11H13BrO3. The fourth-order valence-electron chi connectivity index (χ4n) is 1.59. The van der Waals surface area contributed by atoms with Crippen LogP contribution < -0.4 is 9.47 Å². The van der Waals surface area contributed by atoms with Crippen LogP contribution in [0.2, 0.25) is 0 Å². The second-order valence-corrected chi connectivity index (χ2v) is 4.58. The summed E-state index contributed by atoms with van der Waals surface area (Å²) in [4.78, 5) is 0. The highest BCUT2D eigenvalue weighted by molar-refractivity contribution is 9.10. The van der Waals surface area contributed by atoms with Crippen molar-refractivity contribution in [1.29, 1.82) is 0 Å². The van der Waals surface area contributed by atoms with Crippen molar-refractivity contribution in [2.24, 2.45) is 0 Å². The average molecular weight is 273 g/mol. The number of benzene rings is 1. The Bertz CT molecular complexity index is 386. The zero-order chi connectivity index (χ0) is 11.1. The lowest BCUT2D eigenvalue weighted by atomic mass is 10.1. The average Bonchev–Trinajstić information content (AvgIpc) is 2.96. The summed E-state index contributed by atoms with van der Waals surface area (Å²) in [5, 5.41) is 9.99. The van der Waals surface area contributed by atoms with E-state index in [2.05, 4.69) is 15.9 Å². The first-order valence-electron chi connectivity index (χ1n) is 4.75. The van der Waals surface area contributed by atoms with Crippen molar-refractivity contribution in [1.82, 2.24) is 0 Å². The van der Waals surface area contributed by atoms with Gasteiger partial charge in [0.15, 0.2) is 11.5 Å². The van der Waals surface area contributed by atoms with Gasteiger partial charge in [0, 0.05) is 0 Å². The number of hydrogen-bond acceptors (Lipinski definition) is 3. The van der Waals surface area contributed by atoms with Gasteiger partial charge in [0.25, 0.3) is 0 Å². The van der Waals surface area contributed by atoms with Crippen molar-refractivity contribution in [3.63, 3.8) is 0 Å². The molecule has 0 unspecified atom stereocenters. The standard InChI is InChI=1S/C11H13BrO3/c1-14-9-6-7(11(13)3-4-11)5-8(12)10(9)15-2/h5-6,13H,3-4H2,1-2H3. The molecule has 0 bridgehead atoms. The number of halogens is 1. The van der Waals surface area contributed by atoms with E-state index in [0.717, 1.165) is 22.9 Å². The third-order valence-corrected chi connectivity index (χ3v) is 3.28. The molecule has 1 aliphatic carbocycles. The summed E-state index contributed by atoms with van der Waals surface area (Å²) in [7, 11) is 3.18. The summed E-state index contributed by atoms with van der Waals surface area (Å²) in [5.41, 5.74) is 0.231. The van der Waals surface area contributed by atoms with E-state index >= 15 is 0 Å². The lowest BCUT2D eigenvalue weighted by Gasteiger charge is -2.14. The molecule has 3 nitrogen and oxygen atoms in total. The Kier molecular flexibility index (Phi) is 2.64. The highest BCUT2D eigenvalue weighted by Gasteiger charge is 2.42. The second kappa shape index (κ2) is 3.68. The van der Waals surface area contributed by atoms with E-state index < -0.39 is 5.60 Å². The third-order valence-electron chi connectivity index (χ3n) is 2.69. The summed E-state index contributed by atoms with van der Waals surface area (Å²) in [6.45, 7) is 0. The minimum Gasteiger partial charge on any atom is -0.493 e. The van der Waals surface area contributed by atoms with Crippen LogP contribution in [0, 0.1) is 0 Å². The maximum Gasteiger partial charge on any atom is 0.174 e. The van der Waals surface area contributed by atoms with Crippen LogP contribution in [0.4, 0.5) is 0 Å². The fraction of sp³-hybridized carbons (Fsp3) is 0.455. The third kappa shape index (κ3) is 1.84. The molecule has 1 fully saturated rings. The molecule has 0 radical (unpaired) electrons. The van der Waals surface area contributed by atoms with E-state index in [1.54, 1.807) is 14.2 Å². The van der Waals surface area contributed by atoms with E-state index in [-0.39, 0.29) is 0 Å². The van der Waals surface area contributed by atoms with E-state index in [1.807, 2.05) is 12.1 Å². The molecule has 1 aromatic rings. The number of ether oxygens (including phenoxy) is 2. The van der Waals surface area contributed by atoms with E-state index in [1.165, 1.54) is 0 Å². The first-order valence-corrected chi connectivity index (χ1v) is 5.54. The van der Waals surface area contributed by atoms with Gasteiger partial charge in [0.1, 0.15) is 0 Å². The van der Waals surface area contributed by atoms with E-state index in [4.69, 9.17) is 9.47 Å². The van der Waals surface area contributed by atoms with Gasteiger partial charge in [0.2, 0.25) is 0 Å². The molecule has 0 saturated heterocycles. The molecule has 0 aromatic heterocycles. The van der Waals surface area contributed by atoms with Gasteiger partial charge in [-0.1, -0.05) is 0 Å². The molecule has 0 amide bonds. The Morgan fingerprint density at radius 1 is 1.27 bits per heavy atom. The lowest BCUT2D eigenvalue weighted by Crippen LogP contribution is -2.05.